The summed E-state index contributed by atoms with van der Waals surface area (Å²) in [5.41, 5.74) is 1.96. The number of nitrogens with one attached hydrogen (secondary N) is 1. The number of carbonyl (C=O) groups excluding carboxylic acids is 2. The van der Waals surface area contributed by atoms with Gasteiger partial charge in [-0.2, -0.15) is 0 Å². The molecule has 1 saturated carbocycles. The van der Waals surface area contributed by atoms with Crippen molar-refractivity contribution >= 4 is 29.0 Å². The number of pyridine rings is 2. The lowest BCUT2D eigenvalue weighted by Gasteiger charge is -2.24. The zero-order chi connectivity index (χ0) is 21.4. The first-order valence-electron chi connectivity index (χ1n) is 10.1. The zero-order valence-electron chi connectivity index (χ0n) is 16.9. The fourth-order valence-electron chi connectivity index (χ4n) is 3.50. The summed E-state index contributed by atoms with van der Waals surface area (Å²) in [4.78, 5) is 35.7. The molecule has 1 amide bonds. The predicted octanol–water partition coefficient (Wildman–Crippen LogP) is 4.25. The molecule has 3 heterocycles. The van der Waals surface area contributed by atoms with E-state index in [0.717, 1.165) is 5.56 Å². The average Bonchev–Trinajstić information content (AvgIpc) is 3.53. The maximum Gasteiger partial charge on any atom is 0.255 e. The van der Waals surface area contributed by atoms with Gasteiger partial charge >= 0.3 is 0 Å². The van der Waals surface area contributed by atoms with Gasteiger partial charge in [0.15, 0.2) is 0 Å². The van der Waals surface area contributed by atoms with E-state index in [1.165, 1.54) is 19.0 Å². The summed E-state index contributed by atoms with van der Waals surface area (Å²) in [5.74, 6) is 0.397. The van der Waals surface area contributed by atoms with E-state index in [9.17, 15) is 9.59 Å². The van der Waals surface area contributed by atoms with Crippen LogP contribution in [0.2, 0.25) is 5.02 Å². The van der Waals surface area contributed by atoms with Crippen LogP contribution in [0.25, 0.3) is 0 Å². The van der Waals surface area contributed by atoms with Crippen LogP contribution in [0, 0.1) is 11.3 Å². The van der Waals surface area contributed by atoms with Crippen molar-refractivity contribution in [2.45, 2.75) is 45.7 Å². The van der Waals surface area contributed by atoms with E-state index < -0.39 is 5.78 Å². The molecule has 1 fully saturated rings. The Balaban J connectivity index is 1.55. The molecule has 156 valence electrons. The second-order valence-electron chi connectivity index (χ2n) is 7.77. The Kier molecular flexibility index (Phi) is 5.56. The summed E-state index contributed by atoms with van der Waals surface area (Å²) >= 11 is 6.36. The lowest BCUT2D eigenvalue weighted by atomic mass is 10.0. The van der Waals surface area contributed by atoms with Gasteiger partial charge in [0.2, 0.25) is 11.7 Å². The topological polar surface area (TPSA) is 96.2 Å². The van der Waals surface area contributed by atoms with E-state index in [2.05, 4.69) is 9.97 Å². The Morgan fingerprint density at radius 3 is 2.83 bits per heavy atom. The largest absolute Gasteiger partial charge is 0.476 e. The van der Waals surface area contributed by atoms with Gasteiger partial charge in [-0.3, -0.25) is 14.6 Å². The van der Waals surface area contributed by atoms with Crippen LogP contribution >= 0.6 is 11.6 Å². The van der Waals surface area contributed by atoms with Gasteiger partial charge in [-0.05, 0) is 49.8 Å². The van der Waals surface area contributed by atoms with Crippen molar-refractivity contribution in [3.63, 3.8) is 0 Å². The standard InChI is InChI=1S/C22H23ClN4O3/c1-3-18(24)20(28)19-16-10-27(22(29)15(16)6-7-25-19)12(2)14-8-17(23)21(26-9-14)30-11-13-4-5-13/h6-9,12-13,24H,3-5,10-11H2,1-2H3. The number of amides is 1. The molecule has 2 aromatic heterocycles. The molecule has 7 nitrogen and oxygen atoms in total. The van der Waals surface area contributed by atoms with Crippen molar-refractivity contribution in [2.24, 2.45) is 5.92 Å². The number of nitrogens with zero attached hydrogens (tertiary/aromatic N) is 3. The molecule has 1 aliphatic heterocycles. The maximum atomic E-state index is 13.0. The summed E-state index contributed by atoms with van der Waals surface area (Å²) in [6.07, 6.45) is 5.80. The van der Waals surface area contributed by atoms with Gasteiger partial charge in [0.05, 0.1) is 18.4 Å². The van der Waals surface area contributed by atoms with Crippen molar-refractivity contribution in [3.8, 4) is 5.88 Å². The monoisotopic (exact) mass is 426 g/mol. The van der Waals surface area contributed by atoms with Crippen molar-refractivity contribution in [1.29, 1.82) is 5.41 Å². The minimum atomic E-state index is -0.432. The normalized spacial score (nSPS) is 16.4. The second kappa shape index (κ2) is 8.14. The van der Waals surface area contributed by atoms with Crippen LogP contribution in [0.5, 0.6) is 5.88 Å². The average molecular weight is 427 g/mol. The first kappa shape index (κ1) is 20.5. The molecule has 30 heavy (non-hydrogen) atoms. The molecule has 0 spiro atoms. The quantitative estimate of drug-likeness (QED) is 0.502. The third kappa shape index (κ3) is 3.81. The fraction of sp³-hybridized carbons (Fsp3) is 0.409. The van der Waals surface area contributed by atoms with Crippen LogP contribution in [-0.4, -0.2) is 38.9 Å². The SMILES string of the molecule is CCC(=N)C(=O)c1nccc2c1CN(C(C)c1cnc(OCC3CC3)c(Cl)c1)C2=O. The molecule has 0 radical (unpaired) electrons. The highest BCUT2D eigenvalue weighted by molar-refractivity contribution is 6.44. The summed E-state index contributed by atoms with van der Waals surface area (Å²) in [6, 6.07) is 3.09. The third-order valence-electron chi connectivity index (χ3n) is 5.65. The lowest BCUT2D eigenvalue weighted by Crippen LogP contribution is -2.27. The maximum absolute atomic E-state index is 13.0. The van der Waals surface area contributed by atoms with Crippen LogP contribution in [0.4, 0.5) is 0 Å². The number of ether oxygens (including phenoxy) is 1. The highest BCUT2D eigenvalue weighted by Gasteiger charge is 2.35. The number of halogens is 1. The van der Waals surface area contributed by atoms with Crippen LogP contribution < -0.4 is 4.74 Å². The Morgan fingerprint density at radius 1 is 1.40 bits per heavy atom. The predicted molar refractivity (Wildman–Crippen MR) is 112 cm³/mol. The molecule has 1 unspecified atom stereocenters. The van der Waals surface area contributed by atoms with Crippen molar-refractivity contribution in [3.05, 3.63) is 51.9 Å². The number of rotatable bonds is 8. The Hall–Kier alpha value is -2.80. The highest BCUT2D eigenvalue weighted by Crippen LogP contribution is 2.35. The van der Waals surface area contributed by atoms with Crippen molar-refractivity contribution in [2.75, 3.05) is 6.61 Å². The molecule has 0 aromatic carbocycles. The van der Waals surface area contributed by atoms with Crippen molar-refractivity contribution in [1.82, 2.24) is 14.9 Å². The molecule has 1 N–H and O–H groups in total. The molecule has 2 aliphatic rings. The minimum absolute atomic E-state index is 0.0207. The molecular formula is C22H23ClN4O3. The summed E-state index contributed by atoms with van der Waals surface area (Å²) in [5, 5.41) is 8.26. The van der Waals surface area contributed by atoms with E-state index in [-0.39, 0.29) is 29.9 Å². The second-order valence-corrected chi connectivity index (χ2v) is 8.17. The van der Waals surface area contributed by atoms with Gasteiger partial charge in [-0.25, -0.2) is 4.98 Å². The zero-order valence-corrected chi connectivity index (χ0v) is 17.7. The first-order valence-corrected chi connectivity index (χ1v) is 10.5. The number of ketones is 1. The molecule has 8 heteroatoms. The van der Waals surface area contributed by atoms with Crippen LogP contribution in [0.15, 0.2) is 24.5 Å². The summed E-state index contributed by atoms with van der Waals surface area (Å²) < 4.78 is 5.68. The van der Waals surface area contributed by atoms with Gasteiger partial charge in [0.25, 0.3) is 5.91 Å². The van der Waals surface area contributed by atoms with E-state index in [1.807, 2.05) is 6.92 Å². The van der Waals surface area contributed by atoms with Gasteiger partial charge in [-0.1, -0.05) is 18.5 Å². The molecular weight excluding hydrogens is 404 g/mol. The van der Waals surface area contributed by atoms with Crippen LogP contribution in [-0.2, 0) is 6.54 Å². The van der Waals surface area contributed by atoms with E-state index in [1.54, 1.807) is 30.2 Å². The van der Waals surface area contributed by atoms with Crippen LogP contribution in [0.1, 0.15) is 71.1 Å². The van der Waals surface area contributed by atoms with Crippen molar-refractivity contribution < 1.29 is 14.3 Å². The minimum Gasteiger partial charge on any atom is -0.476 e. The molecule has 2 aromatic rings. The van der Waals surface area contributed by atoms with Gasteiger partial charge < -0.3 is 15.0 Å². The molecule has 0 saturated heterocycles. The number of hydrogen-bond acceptors (Lipinski definition) is 6. The Labute approximate surface area is 179 Å². The first-order chi connectivity index (χ1) is 14.4. The number of fused-ring (bicyclic) bond motifs is 1. The third-order valence-corrected chi connectivity index (χ3v) is 5.92. The van der Waals surface area contributed by atoms with E-state index in [0.29, 0.717) is 41.0 Å². The Morgan fingerprint density at radius 2 is 2.17 bits per heavy atom. The van der Waals surface area contributed by atoms with Gasteiger partial charge in [-0.15, -0.1) is 0 Å². The molecule has 1 atom stereocenters. The number of hydrogen-bond donors (Lipinski definition) is 1. The smallest absolute Gasteiger partial charge is 0.255 e. The Bertz CT molecular complexity index is 1040. The molecule has 1 aliphatic carbocycles. The van der Waals surface area contributed by atoms with Gasteiger partial charge in [0, 0.05) is 30.1 Å². The number of aromatic nitrogens is 2. The summed E-state index contributed by atoms with van der Waals surface area (Å²) in [7, 11) is 0. The number of carbonyl (C=O) groups is 2. The van der Waals surface area contributed by atoms with E-state index in [4.69, 9.17) is 21.7 Å². The number of Topliss-reactive ketones (excluding diaryl/α,β-unsaturated/α-hetero) is 1. The molecule has 0 bridgehead atoms. The van der Waals surface area contributed by atoms with Crippen LogP contribution in [0.3, 0.4) is 0 Å². The summed E-state index contributed by atoms with van der Waals surface area (Å²) in [6.45, 7) is 4.51. The van der Waals surface area contributed by atoms with Gasteiger partial charge in [0.1, 0.15) is 10.7 Å². The highest BCUT2D eigenvalue weighted by atomic mass is 35.5. The molecule has 4 rings (SSSR count). The lowest BCUT2D eigenvalue weighted by molar-refractivity contribution is 0.0715. The fourth-order valence-corrected chi connectivity index (χ4v) is 3.73. The van der Waals surface area contributed by atoms with E-state index >= 15 is 0 Å².